The van der Waals surface area contributed by atoms with Crippen molar-refractivity contribution in [3.8, 4) is 22.6 Å². The Kier molecular flexibility index (Phi) is 6.85. The van der Waals surface area contributed by atoms with Crippen LogP contribution in [0.5, 0.6) is 11.5 Å². The summed E-state index contributed by atoms with van der Waals surface area (Å²) in [6, 6.07) is 11.8. The highest BCUT2D eigenvalue weighted by atomic mass is 16.5. The van der Waals surface area contributed by atoms with E-state index in [4.69, 9.17) is 9.47 Å². The van der Waals surface area contributed by atoms with E-state index in [1.165, 1.54) is 0 Å². The van der Waals surface area contributed by atoms with Crippen molar-refractivity contribution in [1.29, 1.82) is 0 Å². The molecule has 1 aliphatic rings. The number of ketones is 1. The van der Waals surface area contributed by atoms with Crippen molar-refractivity contribution < 1.29 is 14.3 Å². The van der Waals surface area contributed by atoms with Crippen molar-refractivity contribution in [2.75, 3.05) is 39.4 Å². The molecule has 0 aliphatic heterocycles. The summed E-state index contributed by atoms with van der Waals surface area (Å²) in [5.41, 5.74) is 3.83. The van der Waals surface area contributed by atoms with Crippen LogP contribution in [0.4, 0.5) is 0 Å². The summed E-state index contributed by atoms with van der Waals surface area (Å²) in [6.07, 6.45) is 0.396. The number of likely N-dealkylation sites (N-methyl/N-ethyl adjacent to an activating group) is 2. The minimum absolute atomic E-state index is 0.124. The molecule has 0 fully saturated rings. The summed E-state index contributed by atoms with van der Waals surface area (Å²) in [7, 11) is 0. The fraction of sp³-hybridized carbons (Fsp3) is 0.409. The highest BCUT2D eigenvalue weighted by Gasteiger charge is 2.23. The van der Waals surface area contributed by atoms with E-state index in [9.17, 15) is 4.79 Å². The van der Waals surface area contributed by atoms with E-state index in [1.807, 2.05) is 30.3 Å². The van der Waals surface area contributed by atoms with Crippen LogP contribution in [0, 0.1) is 0 Å². The lowest BCUT2D eigenvalue weighted by molar-refractivity contribution is 0.0991. The lowest BCUT2D eigenvalue weighted by Crippen LogP contribution is -2.20. The number of nitrogens with one attached hydrogen (secondary N) is 2. The van der Waals surface area contributed by atoms with Gasteiger partial charge in [0.05, 0.1) is 0 Å². The molecule has 2 aromatic rings. The maximum Gasteiger partial charge on any atom is 0.168 e. The van der Waals surface area contributed by atoms with Gasteiger partial charge in [0.2, 0.25) is 0 Å². The average molecular weight is 368 g/mol. The Hall–Kier alpha value is -2.37. The van der Waals surface area contributed by atoms with Crippen LogP contribution in [-0.2, 0) is 6.42 Å². The average Bonchev–Trinajstić information content (AvgIpc) is 2.69. The summed E-state index contributed by atoms with van der Waals surface area (Å²) in [5.74, 6) is 1.68. The topological polar surface area (TPSA) is 59.6 Å². The van der Waals surface area contributed by atoms with Gasteiger partial charge >= 0.3 is 0 Å². The van der Waals surface area contributed by atoms with Crippen molar-refractivity contribution in [3.05, 3.63) is 47.5 Å². The van der Waals surface area contributed by atoms with Crippen LogP contribution in [0.25, 0.3) is 11.1 Å². The second-order valence-electron chi connectivity index (χ2n) is 6.53. The molecule has 144 valence electrons. The normalized spacial score (nSPS) is 12.4. The van der Waals surface area contributed by atoms with E-state index in [0.29, 0.717) is 19.6 Å². The maximum atomic E-state index is 12.7. The number of rotatable bonds is 10. The van der Waals surface area contributed by atoms with Crippen molar-refractivity contribution in [2.24, 2.45) is 0 Å². The first-order valence-electron chi connectivity index (χ1n) is 9.70. The number of Topliss-reactive ketones (excluding diaryl/α,β-unsaturated/α-hetero) is 1. The van der Waals surface area contributed by atoms with E-state index in [-0.39, 0.29) is 5.78 Å². The predicted octanol–water partition coefficient (Wildman–Crippen LogP) is 3.07. The fourth-order valence-electron chi connectivity index (χ4n) is 3.25. The van der Waals surface area contributed by atoms with Crippen LogP contribution in [0.2, 0.25) is 0 Å². The highest BCUT2D eigenvalue weighted by Crippen LogP contribution is 2.37. The lowest BCUT2D eigenvalue weighted by atomic mass is 9.84. The third kappa shape index (κ3) is 4.87. The third-order valence-corrected chi connectivity index (χ3v) is 4.60. The maximum absolute atomic E-state index is 12.7. The minimum atomic E-state index is 0.124. The molecule has 5 nitrogen and oxygen atoms in total. The molecule has 0 heterocycles. The first-order valence-corrected chi connectivity index (χ1v) is 9.70. The van der Waals surface area contributed by atoms with Crippen LogP contribution in [0.15, 0.2) is 36.4 Å². The third-order valence-electron chi connectivity index (χ3n) is 4.60. The molecule has 0 amide bonds. The van der Waals surface area contributed by atoms with Crippen molar-refractivity contribution in [1.82, 2.24) is 10.6 Å². The molecule has 0 aromatic heterocycles. The summed E-state index contributed by atoms with van der Waals surface area (Å²) in [5, 5.41) is 6.45. The highest BCUT2D eigenvalue weighted by molar-refractivity contribution is 6.07. The molecule has 0 unspecified atom stereocenters. The second-order valence-corrected chi connectivity index (χ2v) is 6.53. The van der Waals surface area contributed by atoms with Gasteiger partial charge in [-0.05, 0) is 60.1 Å². The molecule has 0 bridgehead atoms. The van der Waals surface area contributed by atoms with Gasteiger partial charge in [-0.15, -0.1) is 0 Å². The predicted molar refractivity (Wildman–Crippen MR) is 108 cm³/mol. The van der Waals surface area contributed by atoms with E-state index in [0.717, 1.165) is 59.9 Å². The van der Waals surface area contributed by atoms with Gasteiger partial charge in [0.1, 0.15) is 24.7 Å². The summed E-state index contributed by atoms with van der Waals surface area (Å²) in [6.45, 7) is 8.79. The zero-order valence-corrected chi connectivity index (χ0v) is 16.1. The SMILES string of the molecule is CCNCCOc1ccc2c(c1)CC(=O)c1cc(OCCNCC)ccc1-2. The van der Waals surface area contributed by atoms with Crippen molar-refractivity contribution in [2.45, 2.75) is 20.3 Å². The van der Waals surface area contributed by atoms with Gasteiger partial charge in [-0.1, -0.05) is 19.9 Å². The summed E-state index contributed by atoms with van der Waals surface area (Å²) < 4.78 is 11.5. The summed E-state index contributed by atoms with van der Waals surface area (Å²) >= 11 is 0. The number of benzene rings is 2. The van der Waals surface area contributed by atoms with Crippen LogP contribution < -0.4 is 20.1 Å². The largest absolute Gasteiger partial charge is 0.492 e. The Balaban J connectivity index is 1.74. The second kappa shape index (κ2) is 9.53. The summed E-state index contributed by atoms with van der Waals surface area (Å²) in [4.78, 5) is 12.7. The van der Waals surface area contributed by atoms with Gasteiger partial charge in [0, 0.05) is 25.1 Å². The smallest absolute Gasteiger partial charge is 0.168 e. The van der Waals surface area contributed by atoms with Gasteiger partial charge < -0.3 is 20.1 Å². The molecule has 0 radical (unpaired) electrons. The number of hydrogen-bond donors (Lipinski definition) is 2. The molecular weight excluding hydrogens is 340 g/mol. The van der Waals surface area contributed by atoms with Gasteiger partial charge in [0.25, 0.3) is 0 Å². The Morgan fingerprint density at radius 1 is 0.815 bits per heavy atom. The van der Waals surface area contributed by atoms with Crippen molar-refractivity contribution >= 4 is 5.78 Å². The van der Waals surface area contributed by atoms with E-state index in [1.54, 1.807) is 0 Å². The van der Waals surface area contributed by atoms with E-state index >= 15 is 0 Å². The Morgan fingerprint density at radius 3 is 2.04 bits per heavy atom. The number of ether oxygens (including phenoxy) is 2. The molecule has 27 heavy (non-hydrogen) atoms. The zero-order valence-electron chi connectivity index (χ0n) is 16.1. The molecule has 2 N–H and O–H groups in total. The fourth-order valence-corrected chi connectivity index (χ4v) is 3.25. The van der Waals surface area contributed by atoms with E-state index < -0.39 is 0 Å². The Morgan fingerprint density at radius 2 is 1.41 bits per heavy atom. The number of hydrogen-bond acceptors (Lipinski definition) is 5. The van der Waals surface area contributed by atoms with Gasteiger partial charge in [-0.25, -0.2) is 0 Å². The van der Waals surface area contributed by atoms with Crippen LogP contribution >= 0.6 is 0 Å². The molecule has 0 saturated carbocycles. The van der Waals surface area contributed by atoms with Gasteiger partial charge in [0.15, 0.2) is 5.78 Å². The standard InChI is InChI=1S/C22H28N2O3/c1-3-23-9-11-26-17-5-7-19-16(13-17)14-22(25)21-15-18(6-8-20(19)21)27-12-10-24-4-2/h5-8,13,15,23-24H,3-4,9-12,14H2,1-2H3. The van der Waals surface area contributed by atoms with E-state index in [2.05, 4.69) is 30.5 Å². The Bertz CT molecular complexity index is 789. The van der Waals surface area contributed by atoms with Crippen LogP contribution in [0.1, 0.15) is 29.8 Å². The minimum Gasteiger partial charge on any atom is -0.492 e. The first-order chi connectivity index (χ1) is 13.2. The lowest BCUT2D eigenvalue weighted by Gasteiger charge is -2.21. The molecule has 1 aliphatic carbocycles. The molecule has 3 rings (SSSR count). The van der Waals surface area contributed by atoms with Gasteiger partial charge in [-0.2, -0.15) is 0 Å². The molecule has 2 aromatic carbocycles. The number of fused-ring (bicyclic) bond motifs is 3. The number of carbonyl (C=O) groups excluding carboxylic acids is 1. The van der Waals surface area contributed by atoms with Crippen molar-refractivity contribution in [3.63, 3.8) is 0 Å². The molecule has 0 saturated heterocycles. The molecule has 0 spiro atoms. The van der Waals surface area contributed by atoms with Crippen LogP contribution in [0.3, 0.4) is 0 Å². The quantitative estimate of drug-likeness (QED) is 0.631. The number of carbonyl (C=O) groups is 1. The monoisotopic (exact) mass is 368 g/mol. The molecule has 0 atom stereocenters. The zero-order chi connectivity index (χ0) is 19.1. The Labute approximate surface area is 161 Å². The van der Waals surface area contributed by atoms with Gasteiger partial charge in [-0.3, -0.25) is 4.79 Å². The first kappa shape index (κ1) is 19.4. The molecule has 5 heteroatoms. The van der Waals surface area contributed by atoms with Crippen LogP contribution in [-0.4, -0.2) is 45.2 Å². The molecular formula is C22H28N2O3.